The van der Waals surface area contributed by atoms with Crippen LogP contribution in [-0.2, 0) is 0 Å². The number of aliphatic hydroxyl groups excluding tert-OH is 1. The minimum Gasteiger partial charge on any atom is -0.396 e. The fraction of sp³-hybridized carbons (Fsp3) is 0.562. The molecule has 1 heterocycles. The lowest BCUT2D eigenvalue weighted by Crippen LogP contribution is -2.29. The summed E-state index contributed by atoms with van der Waals surface area (Å²) in [6.07, 6.45) is 2.73. The van der Waals surface area contributed by atoms with Crippen molar-refractivity contribution in [2.75, 3.05) is 31.6 Å². The fourth-order valence-corrected chi connectivity index (χ4v) is 2.88. The van der Waals surface area contributed by atoms with E-state index in [1.165, 1.54) is 0 Å². The molecule has 0 aromatic heterocycles. The predicted molar refractivity (Wildman–Crippen MR) is 85.9 cm³/mol. The smallest absolute Gasteiger partial charge is 0.256 e. The van der Waals surface area contributed by atoms with Crippen LogP contribution in [0.1, 0.15) is 36.5 Å². The van der Waals surface area contributed by atoms with Gasteiger partial charge in [-0.1, -0.05) is 18.5 Å². The quantitative estimate of drug-likeness (QED) is 0.849. The van der Waals surface area contributed by atoms with E-state index in [1.54, 1.807) is 12.1 Å². The Morgan fingerprint density at radius 3 is 3.05 bits per heavy atom. The Kier molecular flexibility index (Phi) is 5.88. The summed E-state index contributed by atoms with van der Waals surface area (Å²) in [7, 11) is 0. The molecule has 1 aliphatic heterocycles. The van der Waals surface area contributed by atoms with Gasteiger partial charge in [-0.25, -0.2) is 0 Å². The van der Waals surface area contributed by atoms with E-state index in [9.17, 15) is 4.79 Å². The Bertz CT molecular complexity index is 493. The number of benzene rings is 1. The molecule has 0 bridgehead atoms. The van der Waals surface area contributed by atoms with E-state index in [0.29, 0.717) is 16.5 Å². The average molecular weight is 311 g/mol. The van der Waals surface area contributed by atoms with Crippen molar-refractivity contribution >= 4 is 23.2 Å². The molecule has 0 spiro atoms. The zero-order valence-electron chi connectivity index (χ0n) is 12.4. The molecule has 1 aromatic carbocycles. The number of carbonyl (C=O) groups is 1. The molecule has 2 rings (SSSR count). The summed E-state index contributed by atoms with van der Waals surface area (Å²) in [4.78, 5) is 14.6. The molecule has 1 aliphatic rings. The normalized spacial score (nSPS) is 18.0. The Morgan fingerprint density at radius 2 is 2.33 bits per heavy atom. The maximum absolute atomic E-state index is 12.7. The first kappa shape index (κ1) is 16.1. The predicted octanol–water partition coefficient (Wildman–Crippen LogP) is 3.01. The highest BCUT2D eigenvalue weighted by Gasteiger charge is 2.27. The number of hydrogen-bond donors (Lipinski definition) is 2. The summed E-state index contributed by atoms with van der Waals surface area (Å²) >= 11 is 6.05. The van der Waals surface area contributed by atoms with Crippen LogP contribution in [0.3, 0.4) is 0 Å². The van der Waals surface area contributed by atoms with E-state index in [4.69, 9.17) is 16.7 Å². The first-order chi connectivity index (χ1) is 10.2. The number of rotatable bonds is 6. The topological polar surface area (TPSA) is 52.6 Å². The van der Waals surface area contributed by atoms with Crippen molar-refractivity contribution in [3.8, 4) is 0 Å². The zero-order valence-corrected chi connectivity index (χ0v) is 13.2. The van der Waals surface area contributed by atoms with Crippen molar-refractivity contribution in [1.82, 2.24) is 4.90 Å². The number of likely N-dealkylation sites (tertiary alicyclic amines) is 1. The Labute approximate surface area is 131 Å². The molecule has 0 radical (unpaired) electrons. The average Bonchev–Trinajstić information content (AvgIpc) is 2.94. The number of hydrogen-bond acceptors (Lipinski definition) is 3. The second-order valence-electron chi connectivity index (χ2n) is 5.53. The van der Waals surface area contributed by atoms with Crippen LogP contribution in [0.5, 0.6) is 0 Å². The maximum Gasteiger partial charge on any atom is 0.256 e. The van der Waals surface area contributed by atoms with Crippen LogP contribution < -0.4 is 5.32 Å². The number of aliphatic hydroxyl groups is 1. The molecule has 1 unspecified atom stereocenters. The van der Waals surface area contributed by atoms with Gasteiger partial charge in [0.15, 0.2) is 0 Å². The van der Waals surface area contributed by atoms with E-state index in [2.05, 4.69) is 12.2 Å². The van der Waals surface area contributed by atoms with E-state index >= 15 is 0 Å². The molecule has 21 heavy (non-hydrogen) atoms. The molecule has 0 aliphatic carbocycles. The van der Waals surface area contributed by atoms with E-state index < -0.39 is 0 Å². The first-order valence-corrected chi connectivity index (χ1v) is 7.97. The van der Waals surface area contributed by atoms with Crippen LogP contribution in [-0.4, -0.2) is 42.2 Å². The lowest BCUT2D eigenvalue weighted by atomic mass is 10.1. The highest BCUT2D eigenvalue weighted by Crippen LogP contribution is 2.26. The van der Waals surface area contributed by atoms with Crippen molar-refractivity contribution in [2.24, 2.45) is 5.92 Å². The van der Waals surface area contributed by atoms with Gasteiger partial charge in [-0.3, -0.25) is 4.79 Å². The molecule has 1 saturated heterocycles. The lowest BCUT2D eigenvalue weighted by Gasteiger charge is -2.19. The molecular weight excluding hydrogens is 288 g/mol. The summed E-state index contributed by atoms with van der Waals surface area (Å²) in [6.45, 7) is 4.58. The molecule has 1 fully saturated rings. The van der Waals surface area contributed by atoms with Gasteiger partial charge in [0.05, 0.1) is 5.56 Å². The molecule has 1 aromatic rings. The largest absolute Gasteiger partial charge is 0.396 e. The van der Waals surface area contributed by atoms with Crippen LogP contribution in [0.15, 0.2) is 18.2 Å². The van der Waals surface area contributed by atoms with Gasteiger partial charge in [0, 0.05) is 37.0 Å². The number of nitrogens with zero attached hydrogens (tertiary/aromatic N) is 1. The molecule has 116 valence electrons. The third-order valence-electron chi connectivity index (χ3n) is 3.89. The third-order valence-corrected chi connectivity index (χ3v) is 4.12. The summed E-state index contributed by atoms with van der Waals surface area (Å²) in [5, 5.41) is 12.9. The summed E-state index contributed by atoms with van der Waals surface area (Å²) < 4.78 is 0. The highest BCUT2D eigenvalue weighted by molar-refractivity contribution is 6.31. The monoisotopic (exact) mass is 310 g/mol. The zero-order chi connectivity index (χ0) is 15.2. The minimum atomic E-state index is 0.0246. The fourth-order valence-electron chi connectivity index (χ4n) is 2.71. The van der Waals surface area contributed by atoms with E-state index in [-0.39, 0.29) is 12.5 Å². The summed E-state index contributed by atoms with van der Waals surface area (Å²) in [5.41, 5.74) is 1.48. The van der Waals surface area contributed by atoms with Crippen molar-refractivity contribution in [3.05, 3.63) is 28.8 Å². The van der Waals surface area contributed by atoms with Gasteiger partial charge in [0.2, 0.25) is 0 Å². The van der Waals surface area contributed by atoms with Gasteiger partial charge in [-0.2, -0.15) is 0 Å². The highest BCUT2D eigenvalue weighted by atomic mass is 35.5. The van der Waals surface area contributed by atoms with Gasteiger partial charge in [0.1, 0.15) is 0 Å². The Morgan fingerprint density at radius 1 is 1.52 bits per heavy atom. The number of nitrogens with one attached hydrogen (secondary N) is 1. The van der Waals surface area contributed by atoms with Gasteiger partial charge >= 0.3 is 0 Å². The summed E-state index contributed by atoms with van der Waals surface area (Å²) in [5.74, 6) is 0.432. The molecule has 0 saturated carbocycles. The second-order valence-corrected chi connectivity index (χ2v) is 5.97. The van der Waals surface area contributed by atoms with Crippen LogP contribution in [0.2, 0.25) is 5.02 Å². The minimum absolute atomic E-state index is 0.0246. The SMILES string of the molecule is CCCNc1ccc(Cl)cc1C(=O)N1CCC(CCO)C1. The van der Waals surface area contributed by atoms with Crippen LogP contribution >= 0.6 is 11.6 Å². The van der Waals surface area contributed by atoms with Gasteiger partial charge in [-0.05, 0) is 43.4 Å². The number of anilines is 1. The number of halogens is 1. The maximum atomic E-state index is 12.7. The lowest BCUT2D eigenvalue weighted by molar-refractivity contribution is 0.0785. The van der Waals surface area contributed by atoms with Gasteiger partial charge in [-0.15, -0.1) is 0 Å². The molecule has 5 heteroatoms. The number of carbonyl (C=O) groups excluding carboxylic acids is 1. The van der Waals surface area contributed by atoms with Crippen molar-refractivity contribution < 1.29 is 9.90 Å². The Balaban J connectivity index is 2.12. The van der Waals surface area contributed by atoms with Crippen molar-refractivity contribution in [2.45, 2.75) is 26.2 Å². The van der Waals surface area contributed by atoms with Crippen molar-refractivity contribution in [3.63, 3.8) is 0 Å². The van der Waals surface area contributed by atoms with Crippen LogP contribution in [0.4, 0.5) is 5.69 Å². The molecule has 1 atom stereocenters. The third kappa shape index (κ3) is 4.11. The van der Waals surface area contributed by atoms with E-state index in [1.807, 2.05) is 11.0 Å². The van der Waals surface area contributed by atoms with E-state index in [0.717, 1.165) is 44.6 Å². The van der Waals surface area contributed by atoms with Gasteiger partial charge in [0.25, 0.3) is 5.91 Å². The molecule has 2 N–H and O–H groups in total. The van der Waals surface area contributed by atoms with Crippen LogP contribution in [0, 0.1) is 5.92 Å². The molecular formula is C16H23ClN2O2. The second kappa shape index (κ2) is 7.66. The molecule has 4 nitrogen and oxygen atoms in total. The first-order valence-electron chi connectivity index (χ1n) is 7.59. The molecule has 1 amide bonds. The van der Waals surface area contributed by atoms with Gasteiger partial charge < -0.3 is 15.3 Å². The standard InChI is InChI=1S/C16H23ClN2O2/c1-2-7-18-15-4-3-13(17)10-14(15)16(21)19-8-5-12(11-19)6-9-20/h3-4,10,12,18,20H,2,5-9,11H2,1H3. The summed E-state index contributed by atoms with van der Waals surface area (Å²) in [6, 6.07) is 5.41. The van der Waals surface area contributed by atoms with Crippen molar-refractivity contribution in [1.29, 1.82) is 0 Å². The van der Waals surface area contributed by atoms with Crippen LogP contribution in [0.25, 0.3) is 0 Å². The number of amides is 1. The Hall–Kier alpha value is -1.26.